The van der Waals surface area contributed by atoms with Gasteiger partial charge in [-0.3, -0.25) is 4.79 Å². The van der Waals surface area contributed by atoms with Gasteiger partial charge < -0.3 is 5.11 Å². The first-order chi connectivity index (χ1) is 7.04. The monoisotopic (exact) mass is 270 g/mol. The summed E-state index contributed by atoms with van der Waals surface area (Å²) in [4.78, 5) is 11.6. The van der Waals surface area contributed by atoms with Crippen molar-refractivity contribution in [2.45, 2.75) is 6.92 Å². The van der Waals surface area contributed by atoms with Crippen molar-refractivity contribution in [2.24, 2.45) is 5.84 Å². The molecule has 0 radical (unpaired) electrons. The lowest BCUT2D eigenvalue weighted by Gasteiger charge is -2.16. The van der Waals surface area contributed by atoms with Crippen molar-refractivity contribution in [2.75, 3.05) is 5.01 Å². The zero-order valence-electron chi connectivity index (χ0n) is 8.14. The second kappa shape index (κ2) is 4.95. The largest absolute Gasteiger partial charge is 0.511 e. The van der Waals surface area contributed by atoms with Gasteiger partial charge in [-0.2, -0.15) is 0 Å². The van der Waals surface area contributed by atoms with Crippen LogP contribution in [0.15, 0.2) is 40.6 Å². The lowest BCUT2D eigenvalue weighted by molar-refractivity contribution is -0.114. The summed E-state index contributed by atoms with van der Waals surface area (Å²) < 4.78 is 0.0499. The normalized spacial score (nSPS) is 11.9. The molecule has 3 N–H and O–H groups in total. The summed E-state index contributed by atoms with van der Waals surface area (Å²) in [6.45, 7) is 1.40. The number of aliphatic hydroxyl groups excluding tert-OH is 1. The summed E-state index contributed by atoms with van der Waals surface area (Å²) in [5.41, 5.74) is 0.556. The maximum absolute atomic E-state index is 11.6. The van der Waals surface area contributed by atoms with Crippen molar-refractivity contribution in [3.63, 3.8) is 0 Å². The number of amides is 1. The van der Waals surface area contributed by atoms with Crippen LogP contribution in [0.5, 0.6) is 0 Å². The number of hydrogen-bond donors (Lipinski definition) is 2. The van der Waals surface area contributed by atoms with Gasteiger partial charge in [-0.25, -0.2) is 10.9 Å². The Morgan fingerprint density at radius 1 is 1.40 bits per heavy atom. The molecule has 80 valence electrons. The average Bonchev–Trinajstić information content (AvgIpc) is 2.27. The van der Waals surface area contributed by atoms with Crippen molar-refractivity contribution in [3.8, 4) is 0 Å². The third-order valence-corrected chi connectivity index (χ3v) is 2.67. The minimum absolute atomic E-state index is 0.0499. The van der Waals surface area contributed by atoms with Gasteiger partial charge >= 0.3 is 0 Å². The fourth-order valence-electron chi connectivity index (χ4n) is 0.966. The molecule has 0 aromatic heterocycles. The number of halogens is 1. The second-order valence-electron chi connectivity index (χ2n) is 2.91. The Labute approximate surface area is 96.1 Å². The third kappa shape index (κ3) is 2.81. The van der Waals surface area contributed by atoms with Crippen LogP contribution in [-0.4, -0.2) is 11.0 Å². The van der Waals surface area contributed by atoms with E-state index >= 15 is 0 Å². The Morgan fingerprint density at radius 3 is 2.40 bits per heavy atom. The summed E-state index contributed by atoms with van der Waals surface area (Å²) in [5, 5.41) is 10.1. The summed E-state index contributed by atoms with van der Waals surface area (Å²) in [6, 6.07) is 8.76. The van der Waals surface area contributed by atoms with Gasteiger partial charge in [0.1, 0.15) is 10.2 Å². The topological polar surface area (TPSA) is 66.6 Å². The van der Waals surface area contributed by atoms with Gasteiger partial charge in [-0.05, 0) is 35.0 Å². The number of carbonyl (C=O) groups excluding carboxylic acids is 1. The fraction of sp³-hybridized carbons (Fsp3) is 0.100. The number of aliphatic hydroxyl groups is 1. The van der Waals surface area contributed by atoms with Crippen molar-refractivity contribution in [1.29, 1.82) is 0 Å². The molecule has 0 bridgehead atoms. The molecule has 1 aromatic carbocycles. The second-order valence-corrected chi connectivity index (χ2v) is 3.70. The molecule has 1 rings (SSSR count). The summed E-state index contributed by atoms with van der Waals surface area (Å²) >= 11 is 2.96. The maximum atomic E-state index is 11.6. The molecule has 4 nitrogen and oxygen atoms in total. The summed E-state index contributed by atoms with van der Waals surface area (Å²) in [5.74, 6) is 4.98. The van der Waals surface area contributed by atoms with E-state index in [0.717, 1.165) is 5.01 Å². The van der Waals surface area contributed by atoms with E-state index in [-0.39, 0.29) is 10.2 Å². The minimum Gasteiger partial charge on any atom is -0.511 e. The van der Waals surface area contributed by atoms with E-state index in [1.165, 1.54) is 6.92 Å². The lowest BCUT2D eigenvalue weighted by Crippen LogP contribution is -2.37. The highest BCUT2D eigenvalue weighted by molar-refractivity contribution is 9.12. The molecule has 0 spiro atoms. The fourth-order valence-corrected chi connectivity index (χ4v) is 1.16. The molecule has 0 fully saturated rings. The molecule has 0 saturated heterocycles. The van der Waals surface area contributed by atoms with Gasteiger partial charge in [0.2, 0.25) is 0 Å². The van der Waals surface area contributed by atoms with Crippen molar-refractivity contribution < 1.29 is 9.90 Å². The van der Waals surface area contributed by atoms with E-state index in [1.807, 2.05) is 6.07 Å². The van der Waals surface area contributed by atoms with E-state index in [9.17, 15) is 4.79 Å². The minimum atomic E-state index is -0.499. The third-order valence-electron chi connectivity index (χ3n) is 1.76. The van der Waals surface area contributed by atoms with Crippen molar-refractivity contribution in [1.82, 2.24) is 0 Å². The molecule has 0 heterocycles. The van der Waals surface area contributed by atoms with Gasteiger partial charge in [-0.1, -0.05) is 18.2 Å². The van der Waals surface area contributed by atoms with Crippen LogP contribution in [0, 0.1) is 0 Å². The number of rotatable bonds is 2. The highest BCUT2D eigenvalue weighted by Crippen LogP contribution is 2.17. The quantitative estimate of drug-likeness (QED) is 0.284. The summed E-state index contributed by atoms with van der Waals surface area (Å²) in [7, 11) is 0. The molecule has 15 heavy (non-hydrogen) atoms. The molecule has 5 heteroatoms. The average molecular weight is 271 g/mol. The van der Waals surface area contributed by atoms with Gasteiger partial charge in [0, 0.05) is 0 Å². The molecule has 1 aromatic rings. The first kappa shape index (κ1) is 11.7. The van der Waals surface area contributed by atoms with Crippen LogP contribution in [0.1, 0.15) is 6.92 Å². The van der Waals surface area contributed by atoms with E-state index in [2.05, 4.69) is 15.9 Å². The number of allylic oxidation sites excluding steroid dienone is 1. The number of benzene rings is 1. The lowest BCUT2D eigenvalue weighted by atomic mass is 10.3. The first-order valence-corrected chi connectivity index (χ1v) is 5.03. The van der Waals surface area contributed by atoms with Crippen LogP contribution in [0.2, 0.25) is 0 Å². The number of hydrogen-bond acceptors (Lipinski definition) is 3. The molecular formula is C10H11BrN2O2. The predicted molar refractivity (Wildman–Crippen MR) is 62.4 cm³/mol. The molecule has 0 aliphatic heterocycles. The zero-order chi connectivity index (χ0) is 11.4. The Hall–Kier alpha value is -1.33. The van der Waals surface area contributed by atoms with E-state index in [4.69, 9.17) is 10.9 Å². The number of para-hydroxylation sites is 1. The Bertz CT molecular complexity index is 386. The molecule has 0 saturated carbocycles. The predicted octanol–water partition coefficient (Wildman–Crippen LogP) is 2.08. The molecule has 0 unspecified atom stereocenters. The number of anilines is 1. The molecule has 1 amide bonds. The molecule has 0 atom stereocenters. The van der Waals surface area contributed by atoms with Crippen LogP contribution in [0.4, 0.5) is 5.69 Å². The van der Waals surface area contributed by atoms with Crippen molar-refractivity contribution in [3.05, 3.63) is 40.6 Å². The number of hydrazine groups is 1. The smallest absolute Gasteiger partial charge is 0.282 e. The van der Waals surface area contributed by atoms with Gasteiger partial charge in [0.05, 0.1) is 5.69 Å². The molecule has 0 aliphatic carbocycles. The number of carbonyl (C=O) groups is 1. The number of nitrogens with zero attached hydrogens (tertiary/aromatic N) is 1. The van der Waals surface area contributed by atoms with Crippen LogP contribution in [-0.2, 0) is 4.79 Å². The van der Waals surface area contributed by atoms with Gasteiger partial charge in [0.25, 0.3) is 5.91 Å². The standard InChI is InChI=1S/C10H11BrN2O2/c1-7(14)9(11)10(15)13(12)8-5-3-2-4-6-8/h2-6,14H,12H2,1H3/b9-7+. The van der Waals surface area contributed by atoms with Crippen LogP contribution in [0.3, 0.4) is 0 Å². The van der Waals surface area contributed by atoms with Gasteiger partial charge in [0.15, 0.2) is 0 Å². The van der Waals surface area contributed by atoms with Crippen LogP contribution in [0.25, 0.3) is 0 Å². The highest BCUT2D eigenvalue weighted by Gasteiger charge is 2.16. The van der Waals surface area contributed by atoms with E-state index in [1.54, 1.807) is 24.3 Å². The van der Waals surface area contributed by atoms with Gasteiger partial charge in [-0.15, -0.1) is 0 Å². The van der Waals surface area contributed by atoms with Crippen LogP contribution >= 0.6 is 15.9 Å². The van der Waals surface area contributed by atoms with Crippen LogP contribution < -0.4 is 10.9 Å². The highest BCUT2D eigenvalue weighted by atomic mass is 79.9. The molecule has 0 aliphatic rings. The Balaban J connectivity index is 2.92. The van der Waals surface area contributed by atoms with E-state index in [0.29, 0.717) is 5.69 Å². The first-order valence-electron chi connectivity index (χ1n) is 4.23. The molecular weight excluding hydrogens is 260 g/mol. The van der Waals surface area contributed by atoms with Crippen molar-refractivity contribution >= 4 is 27.5 Å². The number of nitrogens with two attached hydrogens (primary N) is 1. The Morgan fingerprint density at radius 2 is 1.93 bits per heavy atom. The SMILES string of the molecule is C/C(O)=C(\Br)C(=O)N(N)c1ccccc1. The Kier molecular flexibility index (Phi) is 3.88. The summed E-state index contributed by atoms with van der Waals surface area (Å²) in [6.07, 6.45) is 0. The van der Waals surface area contributed by atoms with E-state index < -0.39 is 5.91 Å². The maximum Gasteiger partial charge on any atom is 0.282 e. The zero-order valence-corrected chi connectivity index (χ0v) is 9.73.